The van der Waals surface area contributed by atoms with E-state index in [0.29, 0.717) is 25.0 Å². The van der Waals surface area contributed by atoms with Crippen molar-refractivity contribution in [2.24, 2.45) is 11.7 Å². The van der Waals surface area contributed by atoms with Gasteiger partial charge in [-0.15, -0.1) is 0 Å². The molecule has 0 aromatic heterocycles. The van der Waals surface area contributed by atoms with Crippen LogP contribution in [0.4, 0.5) is 4.79 Å². The highest BCUT2D eigenvalue weighted by Gasteiger charge is 2.27. The number of primary amides is 1. The van der Waals surface area contributed by atoms with Gasteiger partial charge in [0.15, 0.2) is 5.78 Å². The predicted molar refractivity (Wildman–Crippen MR) is 95.5 cm³/mol. The summed E-state index contributed by atoms with van der Waals surface area (Å²) in [4.78, 5) is 35.5. The Bertz CT molecular complexity index is 461. The average molecular weight is 340 g/mol. The molecule has 0 spiro atoms. The summed E-state index contributed by atoms with van der Waals surface area (Å²) in [5, 5.41) is 8.50. The Morgan fingerprint density at radius 3 is 2.12 bits per heavy atom. The minimum atomic E-state index is -0.653. The maximum atomic E-state index is 12.6. The molecule has 7 nitrogen and oxygen atoms in total. The van der Waals surface area contributed by atoms with Crippen LogP contribution in [0.1, 0.15) is 47.5 Å². The molecular weight excluding hydrogens is 308 g/mol. The Balaban J connectivity index is 4.88. The monoisotopic (exact) mass is 340 g/mol. The highest BCUT2D eigenvalue weighted by atomic mass is 16.2. The summed E-state index contributed by atoms with van der Waals surface area (Å²) in [5.41, 5.74) is 5.40. The van der Waals surface area contributed by atoms with Crippen molar-refractivity contribution in [3.63, 3.8) is 0 Å². The summed E-state index contributed by atoms with van der Waals surface area (Å²) in [5.74, 6) is -0.319. The van der Waals surface area contributed by atoms with Gasteiger partial charge in [0.05, 0.1) is 12.1 Å². The van der Waals surface area contributed by atoms with E-state index in [0.717, 1.165) is 0 Å². The van der Waals surface area contributed by atoms with Crippen LogP contribution in [0.15, 0.2) is 12.2 Å². The van der Waals surface area contributed by atoms with E-state index < -0.39 is 12.1 Å². The first kappa shape index (κ1) is 22.1. The normalized spacial score (nSPS) is 13.5. The van der Waals surface area contributed by atoms with Gasteiger partial charge in [-0.1, -0.05) is 34.3 Å². The van der Waals surface area contributed by atoms with Crippen LogP contribution in [0, 0.1) is 5.92 Å². The van der Waals surface area contributed by atoms with Crippen molar-refractivity contribution < 1.29 is 14.4 Å². The van der Waals surface area contributed by atoms with E-state index in [2.05, 4.69) is 22.5 Å². The number of rotatable bonds is 11. The average Bonchev–Trinajstić information content (AvgIpc) is 2.45. The maximum absolute atomic E-state index is 12.6. The van der Waals surface area contributed by atoms with Crippen molar-refractivity contribution in [3.05, 3.63) is 12.2 Å². The highest BCUT2D eigenvalue weighted by molar-refractivity contribution is 6.00. The quantitative estimate of drug-likeness (QED) is 0.333. The van der Waals surface area contributed by atoms with E-state index in [1.165, 1.54) is 0 Å². The third-order valence-electron chi connectivity index (χ3n) is 3.48. The second kappa shape index (κ2) is 10.8. The molecule has 7 heteroatoms. The van der Waals surface area contributed by atoms with Gasteiger partial charge in [0.1, 0.15) is 0 Å². The molecule has 0 saturated carbocycles. The Morgan fingerprint density at radius 2 is 1.71 bits per heavy atom. The summed E-state index contributed by atoms with van der Waals surface area (Å²) in [6.45, 7) is 13.5. The summed E-state index contributed by atoms with van der Waals surface area (Å²) >= 11 is 0. The van der Waals surface area contributed by atoms with E-state index in [1.807, 2.05) is 27.7 Å². The molecule has 138 valence electrons. The zero-order chi connectivity index (χ0) is 18.9. The van der Waals surface area contributed by atoms with Crippen LogP contribution in [0.2, 0.25) is 0 Å². The van der Waals surface area contributed by atoms with Gasteiger partial charge in [-0.05, 0) is 31.3 Å². The molecule has 0 heterocycles. The fourth-order valence-electron chi connectivity index (χ4n) is 2.28. The number of nitrogens with two attached hydrogens (primary N) is 1. The molecule has 0 rings (SSSR count). The van der Waals surface area contributed by atoms with Crippen LogP contribution in [-0.4, -0.2) is 42.4 Å². The molecule has 0 aliphatic carbocycles. The van der Waals surface area contributed by atoms with Gasteiger partial charge in [-0.3, -0.25) is 9.59 Å². The Hall–Kier alpha value is -1.89. The molecule has 3 amide bonds. The highest BCUT2D eigenvalue weighted by Crippen LogP contribution is 2.08. The number of carbonyl (C=O) groups is 3. The molecule has 0 aromatic rings. The minimum absolute atomic E-state index is 0.0875. The van der Waals surface area contributed by atoms with Gasteiger partial charge < -0.3 is 21.7 Å². The lowest BCUT2D eigenvalue weighted by Crippen LogP contribution is -2.54. The van der Waals surface area contributed by atoms with Crippen molar-refractivity contribution in [2.45, 2.75) is 65.6 Å². The number of hydrogen-bond donors (Lipinski definition) is 4. The fourth-order valence-corrected chi connectivity index (χ4v) is 2.28. The summed E-state index contributed by atoms with van der Waals surface area (Å²) in [7, 11) is 0. The van der Waals surface area contributed by atoms with Crippen molar-refractivity contribution >= 4 is 17.7 Å². The van der Waals surface area contributed by atoms with Gasteiger partial charge in [-0.25, -0.2) is 4.79 Å². The molecule has 0 unspecified atom stereocenters. The molecule has 0 fully saturated rings. The number of ketones is 1. The summed E-state index contributed by atoms with van der Waals surface area (Å²) in [6.07, 6.45) is 0.932. The molecule has 0 bridgehead atoms. The molecule has 5 N–H and O–H groups in total. The standard InChI is InChI=1S/C17H32N4O3/c1-10(2)14(20-12(5)6)16(23)21-13(15(22)11(3)4)8-7-9-19-17(18)24/h10,12-14,20H,3,7-9H2,1-2,4-6H3,(H,21,23)(H3,18,19,24)/t13-,14-/m0/s1. The molecule has 0 saturated heterocycles. The van der Waals surface area contributed by atoms with Gasteiger partial charge in [0.25, 0.3) is 0 Å². The van der Waals surface area contributed by atoms with Crippen LogP contribution < -0.4 is 21.7 Å². The molecule has 0 aromatic carbocycles. The van der Waals surface area contributed by atoms with E-state index >= 15 is 0 Å². The number of Topliss-reactive ketones (excluding diaryl/α,β-unsaturated/α-hetero) is 1. The zero-order valence-corrected chi connectivity index (χ0v) is 15.4. The first-order valence-electron chi connectivity index (χ1n) is 8.35. The van der Waals surface area contributed by atoms with Crippen LogP contribution in [0.25, 0.3) is 0 Å². The summed E-state index contributed by atoms with van der Waals surface area (Å²) < 4.78 is 0. The number of hydrogen-bond acceptors (Lipinski definition) is 4. The molecule has 24 heavy (non-hydrogen) atoms. The van der Waals surface area contributed by atoms with Gasteiger partial charge in [0.2, 0.25) is 5.91 Å². The molecule has 0 aliphatic rings. The Kier molecular flexibility index (Phi) is 9.95. The Morgan fingerprint density at radius 1 is 1.12 bits per heavy atom. The van der Waals surface area contributed by atoms with E-state index in [9.17, 15) is 14.4 Å². The summed E-state index contributed by atoms with van der Waals surface area (Å²) in [6, 6.07) is -1.49. The molecule has 0 radical (unpaired) electrons. The van der Waals surface area contributed by atoms with Gasteiger partial charge >= 0.3 is 6.03 Å². The smallest absolute Gasteiger partial charge is 0.312 e. The van der Waals surface area contributed by atoms with Crippen LogP contribution in [0.3, 0.4) is 0 Å². The van der Waals surface area contributed by atoms with E-state index in [-0.39, 0.29) is 29.7 Å². The zero-order valence-electron chi connectivity index (χ0n) is 15.4. The number of nitrogens with one attached hydrogen (secondary N) is 3. The van der Waals surface area contributed by atoms with E-state index in [1.54, 1.807) is 6.92 Å². The first-order valence-corrected chi connectivity index (χ1v) is 8.35. The molecule has 0 aliphatic heterocycles. The number of amides is 3. The lowest BCUT2D eigenvalue weighted by molar-refractivity contribution is -0.128. The minimum Gasteiger partial charge on any atom is -0.352 e. The second-order valence-corrected chi connectivity index (χ2v) is 6.68. The molecular formula is C17H32N4O3. The largest absolute Gasteiger partial charge is 0.352 e. The number of carbonyl (C=O) groups excluding carboxylic acids is 3. The number of urea groups is 1. The fraction of sp³-hybridized carbons (Fsp3) is 0.706. The lowest BCUT2D eigenvalue weighted by atomic mass is 9.98. The molecule has 2 atom stereocenters. The van der Waals surface area contributed by atoms with Crippen molar-refractivity contribution in [3.8, 4) is 0 Å². The lowest BCUT2D eigenvalue weighted by Gasteiger charge is -2.26. The van der Waals surface area contributed by atoms with Crippen molar-refractivity contribution in [2.75, 3.05) is 6.54 Å². The Labute approximate surface area is 144 Å². The van der Waals surface area contributed by atoms with Crippen molar-refractivity contribution in [1.82, 2.24) is 16.0 Å². The predicted octanol–water partition coefficient (Wildman–Crippen LogP) is 1.09. The van der Waals surface area contributed by atoms with Gasteiger partial charge in [-0.2, -0.15) is 0 Å². The third-order valence-corrected chi connectivity index (χ3v) is 3.48. The van der Waals surface area contributed by atoms with Crippen molar-refractivity contribution in [1.29, 1.82) is 0 Å². The topological polar surface area (TPSA) is 113 Å². The van der Waals surface area contributed by atoms with Crippen LogP contribution in [-0.2, 0) is 9.59 Å². The van der Waals surface area contributed by atoms with Crippen LogP contribution in [0.5, 0.6) is 0 Å². The maximum Gasteiger partial charge on any atom is 0.312 e. The third kappa shape index (κ3) is 8.67. The van der Waals surface area contributed by atoms with Crippen LogP contribution >= 0.6 is 0 Å². The van der Waals surface area contributed by atoms with Gasteiger partial charge in [0, 0.05) is 12.6 Å². The second-order valence-electron chi connectivity index (χ2n) is 6.68. The first-order chi connectivity index (χ1) is 11.1. The SMILES string of the molecule is C=C(C)C(=O)[C@H](CCCNC(N)=O)NC(=O)[C@@H](NC(C)C)C(C)C. The van der Waals surface area contributed by atoms with E-state index in [4.69, 9.17) is 5.73 Å².